The zero-order chi connectivity index (χ0) is 25.9. The van der Waals surface area contributed by atoms with Gasteiger partial charge in [-0.25, -0.2) is 9.97 Å². The van der Waals surface area contributed by atoms with Gasteiger partial charge in [-0.05, 0) is 25.1 Å². The lowest BCUT2D eigenvalue weighted by atomic mass is 10.1. The first-order valence-electron chi connectivity index (χ1n) is 12.2. The molecular formula is C26H29N7O4. The number of anilines is 1. The van der Waals surface area contributed by atoms with Crippen LogP contribution in [0.4, 0.5) is 5.69 Å². The van der Waals surface area contributed by atoms with Gasteiger partial charge in [-0.15, -0.1) is 0 Å². The molecular weight excluding hydrogens is 474 g/mol. The van der Waals surface area contributed by atoms with Crippen LogP contribution < -0.4 is 10.9 Å². The molecule has 0 radical (unpaired) electrons. The van der Waals surface area contributed by atoms with Crippen molar-refractivity contribution in [3.05, 3.63) is 59.4 Å². The summed E-state index contributed by atoms with van der Waals surface area (Å²) in [6.45, 7) is 4.14. The van der Waals surface area contributed by atoms with Crippen molar-refractivity contribution in [2.24, 2.45) is 7.05 Å². The number of aliphatic hydroxyl groups is 1. The van der Waals surface area contributed by atoms with Crippen molar-refractivity contribution in [2.75, 3.05) is 44.8 Å². The third kappa shape index (κ3) is 5.09. The quantitative estimate of drug-likeness (QED) is 0.390. The Morgan fingerprint density at radius 3 is 2.62 bits per heavy atom. The second-order valence-corrected chi connectivity index (χ2v) is 9.07. The lowest BCUT2D eigenvalue weighted by molar-refractivity contribution is -0.133. The van der Waals surface area contributed by atoms with E-state index in [0.717, 1.165) is 16.8 Å². The van der Waals surface area contributed by atoms with E-state index in [1.165, 1.54) is 10.9 Å². The molecule has 0 saturated carbocycles. The Kier molecular flexibility index (Phi) is 6.97. The van der Waals surface area contributed by atoms with E-state index in [1.807, 2.05) is 37.5 Å². The Morgan fingerprint density at radius 1 is 1.19 bits per heavy atom. The highest BCUT2D eigenvalue weighted by atomic mass is 16.5. The Hall–Kier alpha value is -4.09. The number of benzene rings is 1. The van der Waals surface area contributed by atoms with Crippen molar-refractivity contribution in [1.82, 2.24) is 29.2 Å². The molecule has 5 rings (SSSR count). The summed E-state index contributed by atoms with van der Waals surface area (Å²) in [4.78, 5) is 36.9. The van der Waals surface area contributed by atoms with Crippen LogP contribution in [0.25, 0.3) is 33.4 Å². The maximum atomic E-state index is 13.3. The van der Waals surface area contributed by atoms with E-state index >= 15 is 0 Å². The van der Waals surface area contributed by atoms with Crippen LogP contribution in [0.15, 0.2) is 53.8 Å². The predicted octanol–water partition coefficient (Wildman–Crippen LogP) is 1.68. The van der Waals surface area contributed by atoms with Crippen molar-refractivity contribution in [2.45, 2.75) is 13.0 Å². The van der Waals surface area contributed by atoms with Gasteiger partial charge in [0.2, 0.25) is 5.91 Å². The van der Waals surface area contributed by atoms with Crippen LogP contribution in [-0.2, 0) is 16.6 Å². The Balaban J connectivity index is 1.47. The number of aryl methyl sites for hydroxylation is 1. The molecule has 11 heteroatoms. The number of rotatable bonds is 7. The largest absolute Gasteiger partial charge is 0.394 e. The van der Waals surface area contributed by atoms with Crippen molar-refractivity contribution < 1.29 is 14.6 Å². The summed E-state index contributed by atoms with van der Waals surface area (Å²) in [5, 5.41) is 17.4. The van der Waals surface area contributed by atoms with E-state index in [2.05, 4.69) is 15.4 Å². The van der Waals surface area contributed by atoms with Crippen molar-refractivity contribution >= 4 is 22.5 Å². The van der Waals surface area contributed by atoms with Crippen LogP contribution in [0.5, 0.6) is 0 Å². The number of nitrogens with zero attached hydrogens (tertiary/aromatic N) is 6. The van der Waals surface area contributed by atoms with Gasteiger partial charge in [-0.3, -0.25) is 18.8 Å². The highest BCUT2D eigenvalue weighted by molar-refractivity contribution is 5.93. The number of amides is 1. The number of hydrogen-bond acceptors (Lipinski definition) is 8. The van der Waals surface area contributed by atoms with Gasteiger partial charge in [-0.1, -0.05) is 12.1 Å². The summed E-state index contributed by atoms with van der Waals surface area (Å²) < 4.78 is 8.40. The topological polar surface area (TPSA) is 127 Å². The number of morpholine rings is 1. The van der Waals surface area contributed by atoms with Gasteiger partial charge in [0.05, 0.1) is 56.0 Å². The van der Waals surface area contributed by atoms with E-state index < -0.39 is 6.04 Å². The average Bonchev–Trinajstić information content (AvgIpc) is 3.38. The molecule has 3 aromatic heterocycles. The van der Waals surface area contributed by atoms with E-state index in [1.54, 1.807) is 28.8 Å². The minimum Gasteiger partial charge on any atom is -0.394 e. The Bertz CT molecular complexity index is 1470. The zero-order valence-corrected chi connectivity index (χ0v) is 20.8. The fraction of sp³-hybridized carbons (Fsp3) is 0.346. The standard InChI is InChI=1S/C26H29N7O4/c1-17(15-34)33-16-28-25-21(26(33)36)11-22(30-24(25)19-12-29-31(2)14-19)18-3-5-20(6-4-18)27-13-23(35)32-7-9-37-10-8-32/h3-6,11-12,14,16-17,27,34H,7-10,13,15H2,1-2H3/t17-/m0/s1. The molecule has 1 aromatic carbocycles. The summed E-state index contributed by atoms with van der Waals surface area (Å²) in [6.07, 6.45) is 4.96. The highest BCUT2D eigenvalue weighted by Crippen LogP contribution is 2.29. The van der Waals surface area contributed by atoms with Gasteiger partial charge in [0.25, 0.3) is 5.56 Å². The third-order valence-electron chi connectivity index (χ3n) is 6.47. The first kappa shape index (κ1) is 24.6. The van der Waals surface area contributed by atoms with Crippen LogP contribution in [0.1, 0.15) is 13.0 Å². The number of carbonyl (C=O) groups is 1. The van der Waals surface area contributed by atoms with Crippen LogP contribution >= 0.6 is 0 Å². The first-order chi connectivity index (χ1) is 17.9. The second-order valence-electron chi connectivity index (χ2n) is 9.07. The summed E-state index contributed by atoms with van der Waals surface area (Å²) in [6, 6.07) is 8.88. The predicted molar refractivity (Wildman–Crippen MR) is 139 cm³/mol. The van der Waals surface area contributed by atoms with Gasteiger partial charge in [0.15, 0.2) is 0 Å². The number of aromatic nitrogens is 5. The smallest absolute Gasteiger partial charge is 0.261 e. The number of carbonyl (C=O) groups excluding carboxylic acids is 1. The molecule has 1 saturated heterocycles. The third-order valence-corrected chi connectivity index (χ3v) is 6.47. The molecule has 4 heterocycles. The SMILES string of the molecule is C[C@@H](CO)n1cnc2c(-c3cnn(C)c3)nc(-c3ccc(NCC(=O)N4CCOCC4)cc3)cc2c1=O. The van der Waals surface area contributed by atoms with Crippen molar-refractivity contribution in [3.63, 3.8) is 0 Å². The molecule has 1 atom stereocenters. The monoisotopic (exact) mass is 503 g/mol. The van der Waals surface area contributed by atoms with Crippen molar-refractivity contribution in [3.8, 4) is 22.5 Å². The Morgan fingerprint density at radius 2 is 1.95 bits per heavy atom. The van der Waals surface area contributed by atoms with Crippen LogP contribution in [0.2, 0.25) is 0 Å². The molecule has 1 aliphatic rings. The van der Waals surface area contributed by atoms with Crippen LogP contribution in [-0.4, -0.2) is 79.7 Å². The summed E-state index contributed by atoms with van der Waals surface area (Å²) in [5.74, 6) is 0.0329. The van der Waals surface area contributed by atoms with Crippen LogP contribution in [0.3, 0.4) is 0 Å². The molecule has 0 spiro atoms. The maximum absolute atomic E-state index is 13.3. The van der Waals surface area contributed by atoms with Crippen LogP contribution in [0, 0.1) is 0 Å². The summed E-state index contributed by atoms with van der Waals surface area (Å²) >= 11 is 0. The number of nitrogens with one attached hydrogen (secondary N) is 1. The molecule has 4 aromatic rings. The van der Waals surface area contributed by atoms with Gasteiger partial charge in [0.1, 0.15) is 11.2 Å². The number of hydrogen-bond donors (Lipinski definition) is 2. The minimum atomic E-state index is -0.409. The molecule has 0 bridgehead atoms. The number of aliphatic hydroxyl groups excluding tert-OH is 1. The zero-order valence-electron chi connectivity index (χ0n) is 20.8. The summed E-state index contributed by atoms with van der Waals surface area (Å²) in [7, 11) is 1.81. The van der Waals surface area contributed by atoms with Gasteiger partial charge in [-0.2, -0.15) is 5.10 Å². The lowest BCUT2D eigenvalue weighted by Crippen LogP contribution is -2.43. The molecule has 1 aliphatic heterocycles. The molecule has 2 N–H and O–H groups in total. The lowest BCUT2D eigenvalue weighted by Gasteiger charge is -2.27. The van der Waals surface area contributed by atoms with E-state index in [4.69, 9.17) is 9.72 Å². The van der Waals surface area contributed by atoms with E-state index in [-0.39, 0.29) is 24.6 Å². The molecule has 1 fully saturated rings. The number of pyridine rings is 1. The van der Waals surface area contributed by atoms with Gasteiger partial charge in [0, 0.05) is 43.1 Å². The van der Waals surface area contributed by atoms with Gasteiger partial charge >= 0.3 is 0 Å². The van der Waals surface area contributed by atoms with Gasteiger partial charge < -0.3 is 20.1 Å². The molecule has 192 valence electrons. The number of fused-ring (bicyclic) bond motifs is 1. The highest BCUT2D eigenvalue weighted by Gasteiger charge is 2.18. The molecule has 37 heavy (non-hydrogen) atoms. The first-order valence-corrected chi connectivity index (χ1v) is 12.2. The molecule has 0 aliphatic carbocycles. The number of ether oxygens (including phenoxy) is 1. The minimum absolute atomic E-state index is 0.0329. The fourth-order valence-electron chi connectivity index (χ4n) is 4.30. The summed E-state index contributed by atoms with van der Waals surface area (Å²) in [5.41, 5.74) is 3.74. The second kappa shape index (κ2) is 10.5. The van der Waals surface area contributed by atoms with Crippen molar-refractivity contribution in [1.29, 1.82) is 0 Å². The van der Waals surface area contributed by atoms with E-state index in [9.17, 15) is 14.7 Å². The van der Waals surface area contributed by atoms with E-state index in [0.29, 0.717) is 48.6 Å². The molecule has 1 amide bonds. The normalized spacial score (nSPS) is 14.6. The Labute approximate surface area is 213 Å². The molecule has 11 nitrogen and oxygen atoms in total. The average molecular weight is 504 g/mol. The molecule has 0 unspecified atom stereocenters. The maximum Gasteiger partial charge on any atom is 0.261 e. The fourth-order valence-corrected chi connectivity index (χ4v) is 4.30.